The van der Waals surface area contributed by atoms with Crippen molar-refractivity contribution >= 4 is 0 Å². The molecule has 0 bridgehead atoms. The summed E-state index contributed by atoms with van der Waals surface area (Å²) in [7, 11) is 2.11. The van der Waals surface area contributed by atoms with Gasteiger partial charge in [-0.05, 0) is 45.4 Å². The van der Waals surface area contributed by atoms with Crippen LogP contribution >= 0.6 is 0 Å². The van der Waals surface area contributed by atoms with Gasteiger partial charge in [-0.3, -0.25) is 0 Å². The van der Waals surface area contributed by atoms with Crippen molar-refractivity contribution in [2.24, 2.45) is 0 Å². The minimum Gasteiger partial charge on any atom is -0.396 e. The summed E-state index contributed by atoms with van der Waals surface area (Å²) in [6.07, 6.45) is 5.85. The van der Waals surface area contributed by atoms with Gasteiger partial charge in [0.25, 0.3) is 0 Å². The Morgan fingerprint density at radius 1 is 1.47 bits per heavy atom. The normalized spacial score (nSPS) is 12.3. The van der Waals surface area contributed by atoms with Crippen molar-refractivity contribution in [2.75, 3.05) is 20.2 Å². The van der Waals surface area contributed by atoms with Crippen LogP contribution in [-0.4, -0.2) is 40.7 Å². The number of aromatic amines is 1. The van der Waals surface area contributed by atoms with E-state index in [1.165, 1.54) is 5.56 Å². The van der Waals surface area contributed by atoms with Gasteiger partial charge in [-0.25, -0.2) is 0 Å². The van der Waals surface area contributed by atoms with Crippen molar-refractivity contribution in [1.29, 1.82) is 0 Å². The third-order valence-electron chi connectivity index (χ3n) is 3.16. The fourth-order valence-corrected chi connectivity index (χ4v) is 1.58. The molecule has 86 valence electrons. The fourth-order valence-electron chi connectivity index (χ4n) is 1.58. The minimum absolute atomic E-state index is 0.0745. The summed E-state index contributed by atoms with van der Waals surface area (Å²) in [5.74, 6) is 0. The summed E-state index contributed by atoms with van der Waals surface area (Å²) in [4.78, 5) is 5.36. The zero-order valence-electron chi connectivity index (χ0n) is 9.95. The molecule has 2 N–H and O–H groups in total. The third-order valence-corrected chi connectivity index (χ3v) is 3.16. The Balaban J connectivity index is 2.38. The van der Waals surface area contributed by atoms with E-state index in [-0.39, 0.29) is 12.1 Å². The van der Waals surface area contributed by atoms with Crippen LogP contribution in [-0.2, 0) is 6.42 Å². The van der Waals surface area contributed by atoms with Gasteiger partial charge in [0.2, 0.25) is 0 Å². The molecule has 1 aromatic heterocycles. The molecule has 0 amide bonds. The monoisotopic (exact) mass is 210 g/mol. The van der Waals surface area contributed by atoms with Crippen LogP contribution in [0.1, 0.15) is 25.8 Å². The van der Waals surface area contributed by atoms with Crippen LogP contribution in [0.5, 0.6) is 0 Å². The number of nitrogens with one attached hydrogen (secondary N) is 1. The maximum Gasteiger partial charge on any atom is 0.0448 e. The van der Waals surface area contributed by atoms with E-state index in [4.69, 9.17) is 5.11 Å². The lowest BCUT2D eigenvalue weighted by molar-refractivity contribution is 0.118. The summed E-state index contributed by atoms with van der Waals surface area (Å²) >= 11 is 0. The summed E-state index contributed by atoms with van der Waals surface area (Å²) in [5.41, 5.74) is 1.41. The molecular formula is C12H22N2O. The lowest BCUT2D eigenvalue weighted by atomic mass is 9.99. The van der Waals surface area contributed by atoms with Crippen LogP contribution in [0.4, 0.5) is 0 Å². The number of hydrogen-bond acceptors (Lipinski definition) is 2. The van der Waals surface area contributed by atoms with Gasteiger partial charge < -0.3 is 15.0 Å². The number of aliphatic hydroxyl groups excluding tert-OH is 1. The van der Waals surface area contributed by atoms with Gasteiger partial charge in [0, 0.05) is 31.1 Å². The van der Waals surface area contributed by atoms with E-state index in [2.05, 4.69) is 36.8 Å². The Labute approximate surface area is 92.1 Å². The van der Waals surface area contributed by atoms with Crippen molar-refractivity contribution in [3.05, 3.63) is 24.0 Å². The molecule has 0 unspecified atom stereocenters. The molecule has 0 saturated heterocycles. The SMILES string of the molecule is CN(CCc1cc[nH]c1)C(C)(C)CCO. The molecule has 0 atom stereocenters. The number of nitrogens with zero attached hydrogens (tertiary/aromatic N) is 1. The lowest BCUT2D eigenvalue weighted by Crippen LogP contribution is -2.42. The van der Waals surface area contributed by atoms with Crippen LogP contribution < -0.4 is 0 Å². The topological polar surface area (TPSA) is 39.3 Å². The zero-order valence-corrected chi connectivity index (χ0v) is 9.95. The Bertz CT molecular complexity index is 267. The first-order valence-electron chi connectivity index (χ1n) is 5.50. The number of rotatable bonds is 6. The highest BCUT2D eigenvalue weighted by molar-refractivity contribution is 5.08. The standard InChI is InChI=1S/C12H22N2O/c1-12(2,6-9-15)14(3)8-5-11-4-7-13-10-11/h4,7,10,13,15H,5-6,8-9H2,1-3H3. The van der Waals surface area contributed by atoms with Crippen LogP contribution in [0.3, 0.4) is 0 Å². The summed E-state index contributed by atoms with van der Waals surface area (Å²) in [6, 6.07) is 2.10. The predicted molar refractivity (Wildman–Crippen MR) is 62.9 cm³/mol. The molecular weight excluding hydrogens is 188 g/mol. The number of aliphatic hydroxyl groups is 1. The lowest BCUT2D eigenvalue weighted by Gasteiger charge is -2.35. The first kappa shape index (κ1) is 12.3. The van der Waals surface area contributed by atoms with Gasteiger partial charge in [0.05, 0.1) is 0 Å². The van der Waals surface area contributed by atoms with E-state index >= 15 is 0 Å². The average Bonchev–Trinajstić information content (AvgIpc) is 2.66. The molecule has 0 aromatic carbocycles. The van der Waals surface area contributed by atoms with Crippen molar-refractivity contribution in [3.8, 4) is 0 Å². The van der Waals surface area contributed by atoms with Crippen molar-refractivity contribution in [2.45, 2.75) is 32.2 Å². The maximum atomic E-state index is 8.97. The second-order valence-corrected chi connectivity index (χ2v) is 4.68. The highest BCUT2D eigenvalue weighted by Crippen LogP contribution is 2.16. The van der Waals surface area contributed by atoms with E-state index in [1.54, 1.807) is 0 Å². The fraction of sp³-hybridized carbons (Fsp3) is 0.667. The quantitative estimate of drug-likeness (QED) is 0.749. The molecule has 0 aliphatic rings. The largest absolute Gasteiger partial charge is 0.396 e. The number of aromatic nitrogens is 1. The summed E-state index contributed by atoms with van der Waals surface area (Å²) in [6.45, 7) is 5.60. The molecule has 3 heteroatoms. The Morgan fingerprint density at radius 3 is 2.73 bits per heavy atom. The van der Waals surface area contributed by atoms with Gasteiger partial charge in [-0.1, -0.05) is 0 Å². The van der Waals surface area contributed by atoms with Crippen molar-refractivity contribution in [1.82, 2.24) is 9.88 Å². The van der Waals surface area contributed by atoms with E-state index < -0.39 is 0 Å². The maximum absolute atomic E-state index is 8.97. The van der Waals surface area contributed by atoms with E-state index in [0.29, 0.717) is 0 Å². The highest BCUT2D eigenvalue weighted by atomic mass is 16.3. The predicted octanol–water partition coefficient (Wildman–Crippen LogP) is 1.65. The van der Waals surface area contributed by atoms with E-state index in [9.17, 15) is 0 Å². The summed E-state index contributed by atoms with van der Waals surface area (Å²) < 4.78 is 0. The smallest absolute Gasteiger partial charge is 0.0448 e. The zero-order chi connectivity index (χ0) is 11.3. The molecule has 3 nitrogen and oxygen atoms in total. The molecule has 1 heterocycles. The number of H-pyrrole nitrogens is 1. The third kappa shape index (κ3) is 3.68. The molecule has 0 aliphatic carbocycles. The van der Waals surface area contributed by atoms with Gasteiger partial charge in [0.15, 0.2) is 0 Å². The van der Waals surface area contributed by atoms with Crippen LogP contribution in [0.15, 0.2) is 18.5 Å². The van der Waals surface area contributed by atoms with E-state index in [1.807, 2.05) is 12.4 Å². The Kier molecular flexibility index (Phi) is 4.36. The highest BCUT2D eigenvalue weighted by Gasteiger charge is 2.22. The van der Waals surface area contributed by atoms with Gasteiger partial charge >= 0.3 is 0 Å². The first-order valence-corrected chi connectivity index (χ1v) is 5.50. The molecule has 0 spiro atoms. The second-order valence-electron chi connectivity index (χ2n) is 4.68. The molecule has 15 heavy (non-hydrogen) atoms. The average molecular weight is 210 g/mol. The molecule has 0 fully saturated rings. The van der Waals surface area contributed by atoms with Crippen molar-refractivity contribution < 1.29 is 5.11 Å². The molecule has 0 radical (unpaired) electrons. The molecule has 1 aromatic rings. The Hall–Kier alpha value is -0.800. The van der Waals surface area contributed by atoms with Crippen LogP contribution in [0, 0.1) is 0 Å². The molecule has 0 aliphatic heterocycles. The first-order chi connectivity index (χ1) is 7.06. The van der Waals surface area contributed by atoms with Crippen LogP contribution in [0.25, 0.3) is 0 Å². The Morgan fingerprint density at radius 2 is 2.20 bits per heavy atom. The van der Waals surface area contributed by atoms with Crippen molar-refractivity contribution in [3.63, 3.8) is 0 Å². The van der Waals surface area contributed by atoms with Gasteiger partial charge in [-0.15, -0.1) is 0 Å². The minimum atomic E-state index is 0.0745. The number of likely N-dealkylation sites (N-methyl/N-ethyl adjacent to an activating group) is 1. The number of hydrogen-bond donors (Lipinski definition) is 2. The van der Waals surface area contributed by atoms with Crippen LogP contribution in [0.2, 0.25) is 0 Å². The van der Waals surface area contributed by atoms with E-state index in [0.717, 1.165) is 19.4 Å². The molecule has 1 rings (SSSR count). The van der Waals surface area contributed by atoms with Gasteiger partial charge in [0.1, 0.15) is 0 Å². The second kappa shape index (κ2) is 5.33. The summed E-state index contributed by atoms with van der Waals surface area (Å²) in [5, 5.41) is 8.97. The van der Waals surface area contributed by atoms with Gasteiger partial charge in [-0.2, -0.15) is 0 Å². The molecule has 0 saturated carbocycles.